The van der Waals surface area contributed by atoms with Crippen LogP contribution in [0.15, 0.2) is 42.5 Å². The third-order valence-electron chi connectivity index (χ3n) is 3.66. The molecule has 0 spiro atoms. The molecule has 0 radical (unpaired) electrons. The number of halogens is 1. The van der Waals surface area contributed by atoms with Gasteiger partial charge < -0.3 is 16.2 Å². The van der Waals surface area contributed by atoms with Crippen molar-refractivity contribution in [2.24, 2.45) is 0 Å². The lowest BCUT2D eigenvalue weighted by Crippen LogP contribution is -2.05. The van der Waals surface area contributed by atoms with E-state index in [0.717, 1.165) is 11.1 Å². The van der Waals surface area contributed by atoms with Crippen molar-refractivity contribution >= 4 is 35.2 Å². The van der Waals surface area contributed by atoms with Crippen molar-refractivity contribution in [2.45, 2.75) is 13.3 Å². The predicted octanol–water partition coefficient (Wildman–Crippen LogP) is 3.45. The summed E-state index contributed by atoms with van der Waals surface area (Å²) >= 11 is 6.07. The number of carbonyl (C=O) groups is 1. The lowest BCUT2D eigenvalue weighted by molar-refractivity contribution is -0.136. The van der Waals surface area contributed by atoms with E-state index in [1.165, 1.54) is 0 Å². The van der Waals surface area contributed by atoms with E-state index in [9.17, 15) is 4.79 Å². The summed E-state index contributed by atoms with van der Waals surface area (Å²) in [5.41, 5.74) is 8.96. The second-order valence-electron chi connectivity index (χ2n) is 5.69. The zero-order valence-corrected chi connectivity index (χ0v) is 14.7. The van der Waals surface area contributed by atoms with Gasteiger partial charge in [0.05, 0.1) is 6.42 Å². The monoisotopic (exact) mass is 369 g/mol. The van der Waals surface area contributed by atoms with Gasteiger partial charge in [-0.3, -0.25) is 4.79 Å². The molecule has 0 unspecified atom stereocenters. The van der Waals surface area contributed by atoms with Crippen LogP contribution in [0.3, 0.4) is 0 Å². The number of aryl methyl sites for hydroxylation is 1. The summed E-state index contributed by atoms with van der Waals surface area (Å²) in [5.74, 6) is -0.0859. The predicted molar refractivity (Wildman–Crippen MR) is 100 cm³/mol. The summed E-state index contributed by atoms with van der Waals surface area (Å²) in [6.45, 7) is 1.93. The molecule has 2 aromatic carbocycles. The highest BCUT2D eigenvalue weighted by Crippen LogP contribution is 2.25. The number of anilines is 3. The molecule has 0 saturated carbocycles. The standard InChI is InChI=1S/C18H16ClN5O2/c1-10-2-5-12(19)9-14(10)16-22-17(20)24-18(23-16)21-13-6-3-11(4-7-13)8-15(25)26/h2-7,9H,8H2,1H3,(H,25,26)(H3,20,21,22,23,24). The topological polar surface area (TPSA) is 114 Å². The molecule has 0 aliphatic heterocycles. The molecule has 4 N–H and O–H groups in total. The number of carboxylic acid groups (broad SMARTS) is 1. The second kappa shape index (κ2) is 7.37. The molecule has 7 nitrogen and oxygen atoms in total. The number of nitrogen functional groups attached to an aromatic ring is 1. The SMILES string of the molecule is Cc1ccc(Cl)cc1-c1nc(N)nc(Nc2ccc(CC(=O)O)cc2)n1. The van der Waals surface area contributed by atoms with Crippen LogP contribution in [0.5, 0.6) is 0 Å². The quantitative estimate of drug-likeness (QED) is 0.631. The fourth-order valence-corrected chi connectivity index (χ4v) is 2.59. The Morgan fingerprint density at radius 3 is 2.58 bits per heavy atom. The number of nitrogens with zero attached hydrogens (tertiary/aromatic N) is 3. The smallest absolute Gasteiger partial charge is 0.307 e. The Morgan fingerprint density at radius 2 is 1.88 bits per heavy atom. The normalized spacial score (nSPS) is 10.5. The van der Waals surface area contributed by atoms with Crippen LogP contribution in [-0.4, -0.2) is 26.0 Å². The summed E-state index contributed by atoms with van der Waals surface area (Å²) < 4.78 is 0. The number of rotatable bonds is 5. The summed E-state index contributed by atoms with van der Waals surface area (Å²) in [6, 6.07) is 12.4. The van der Waals surface area contributed by atoms with Crippen molar-refractivity contribution in [3.8, 4) is 11.4 Å². The average molecular weight is 370 g/mol. The van der Waals surface area contributed by atoms with Gasteiger partial charge in [-0.2, -0.15) is 15.0 Å². The molecule has 0 saturated heterocycles. The van der Waals surface area contributed by atoms with Gasteiger partial charge >= 0.3 is 5.97 Å². The highest BCUT2D eigenvalue weighted by molar-refractivity contribution is 6.30. The van der Waals surface area contributed by atoms with E-state index in [1.54, 1.807) is 36.4 Å². The third kappa shape index (κ3) is 4.25. The number of aromatic nitrogens is 3. The van der Waals surface area contributed by atoms with Crippen LogP contribution in [0.4, 0.5) is 17.6 Å². The van der Waals surface area contributed by atoms with Crippen LogP contribution in [0.2, 0.25) is 5.02 Å². The first-order valence-corrected chi connectivity index (χ1v) is 8.14. The molecule has 8 heteroatoms. The molecule has 0 bridgehead atoms. The van der Waals surface area contributed by atoms with Crippen LogP contribution in [0.1, 0.15) is 11.1 Å². The molecule has 1 aromatic heterocycles. The molecule has 0 fully saturated rings. The highest BCUT2D eigenvalue weighted by atomic mass is 35.5. The molecule has 3 aromatic rings. The molecule has 0 atom stereocenters. The Hall–Kier alpha value is -3.19. The first-order valence-electron chi connectivity index (χ1n) is 7.76. The molecule has 1 heterocycles. The molecule has 0 aliphatic carbocycles. The second-order valence-corrected chi connectivity index (χ2v) is 6.13. The van der Waals surface area contributed by atoms with Gasteiger partial charge in [-0.15, -0.1) is 0 Å². The Labute approximate surface area is 154 Å². The number of hydrogen-bond donors (Lipinski definition) is 3. The minimum atomic E-state index is -0.877. The van der Waals surface area contributed by atoms with E-state index in [4.69, 9.17) is 22.4 Å². The van der Waals surface area contributed by atoms with E-state index >= 15 is 0 Å². The van der Waals surface area contributed by atoms with Crippen molar-refractivity contribution in [2.75, 3.05) is 11.1 Å². The number of nitrogens with one attached hydrogen (secondary N) is 1. The average Bonchev–Trinajstić information content (AvgIpc) is 2.58. The summed E-state index contributed by atoms with van der Waals surface area (Å²) in [5, 5.41) is 12.4. The maximum atomic E-state index is 10.7. The summed E-state index contributed by atoms with van der Waals surface area (Å²) in [4.78, 5) is 23.4. The minimum Gasteiger partial charge on any atom is -0.481 e. The zero-order chi connectivity index (χ0) is 18.7. The van der Waals surface area contributed by atoms with E-state index in [2.05, 4.69) is 20.3 Å². The van der Waals surface area contributed by atoms with Crippen LogP contribution in [0, 0.1) is 6.92 Å². The largest absolute Gasteiger partial charge is 0.481 e. The van der Waals surface area contributed by atoms with E-state index in [1.807, 2.05) is 13.0 Å². The Balaban J connectivity index is 1.88. The first-order chi connectivity index (χ1) is 12.4. The van der Waals surface area contributed by atoms with Gasteiger partial charge in [-0.1, -0.05) is 29.8 Å². The van der Waals surface area contributed by atoms with Gasteiger partial charge in [-0.25, -0.2) is 0 Å². The number of carboxylic acids is 1. The Kier molecular flexibility index (Phi) is 4.99. The van der Waals surface area contributed by atoms with Crippen molar-refractivity contribution in [1.29, 1.82) is 0 Å². The molecule has 132 valence electrons. The third-order valence-corrected chi connectivity index (χ3v) is 3.89. The lowest BCUT2D eigenvalue weighted by atomic mass is 10.1. The van der Waals surface area contributed by atoms with Gasteiger partial charge in [0.25, 0.3) is 0 Å². The fourth-order valence-electron chi connectivity index (χ4n) is 2.41. The Morgan fingerprint density at radius 1 is 1.15 bits per heavy atom. The lowest BCUT2D eigenvalue weighted by Gasteiger charge is -2.09. The molecule has 3 rings (SSSR count). The van der Waals surface area contributed by atoms with E-state index in [-0.39, 0.29) is 18.3 Å². The van der Waals surface area contributed by atoms with Crippen molar-refractivity contribution in [1.82, 2.24) is 15.0 Å². The van der Waals surface area contributed by atoms with Crippen LogP contribution >= 0.6 is 11.6 Å². The molecular weight excluding hydrogens is 354 g/mol. The maximum absolute atomic E-state index is 10.7. The highest BCUT2D eigenvalue weighted by Gasteiger charge is 2.10. The van der Waals surface area contributed by atoms with Gasteiger partial charge in [0.1, 0.15) is 0 Å². The molecule has 0 aliphatic rings. The van der Waals surface area contributed by atoms with Crippen LogP contribution in [0.25, 0.3) is 11.4 Å². The zero-order valence-electron chi connectivity index (χ0n) is 13.9. The molecule has 26 heavy (non-hydrogen) atoms. The van der Waals surface area contributed by atoms with Gasteiger partial charge in [0, 0.05) is 16.3 Å². The fraction of sp³-hybridized carbons (Fsp3) is 0.111. The maximum Gasteiger partial charge on any atom is 0.307 e. The van der Waals surface area contributed by atoms with Crippen molar-refractivity contribution in [3.63, 3.8) is 0 Å². The van der Waals surface area contributed by atoms with Crippen LogP contribution < -0.4 is 11.1 Å². The Bertz CT molecular complexity index is 960. The molecule has 0 amide bonds. The van der Waals surface area contributed by atoms with Gasteiger partial charge in [0.15, 0.2) is 5.82 Å². The van der Waals surface area contributed by atoms with Gasteiger partial charge in [0.2, 0.25) is 11.9 Å². The van der Waals surface area contributed by atoms with E-state index in [0.29, 0.717) is 22.1 Å². The van der Waals surface area contributed by atoms with Gasteiger partial charge in [-0.05, 0) is 42.3 Å². The number of aliphatic carboxylic acids is 1. The number of nitrogens with two attached hydrogens (primary N) is 1. The number of hydrogen-bond acceptors (Lipinski definition) is 6. The molecular formula is C18H16ClN5O2. The van der Waals surface area contributed by atoms with Crippen molar-refractivity contribution < 1.29 is 9.90 Å². The minimum absolute atomic E-state index is 0.0306. The van der Waals surface area contributed by atoms with Crippen LogP contribution in [-0.2, 0) is 11.2 Å². The number of benzene rings is 2. The van der Waals surface area contributed by atoms with Crippen molar-refractivity contribution in [3.05, 3.63) is 58.6 Å². The summed E-state index contributed by atoms with van der Waals surface area (Å²) in [7, 11) is 0. The van der Waals surface area contributed by atoms with E-state index < -0.39 is 5.97 Å². The summed E-state index contributed by atoms with van der Waals surface area (Å²) in [6.07, 6.45) is -0.0306. The first kappa shape index (κ1) is 17.6.